The van der Waals surface area contributed by atoms with Crippen LogP contribution in [0.1, 0.15) is 69.7 Å². The maximum absolute atomic E-state index is 15.6. The van der Waals surface area contributed by atoms with E-state index in [4.69, 9.17) is 4.74 Å². The van der Waals surface area contributed by atoms with Gasteiger partial charge in [0.2, 0.25) is 5.95 Å². The first-order valence-corrected chi connectivity index (χ1v) is 12.1. The Bertz CT molecular complexity index is 1110. The van der Waals surface area contributed by atoms with E-state index in [0.29, 0.717) is 24.1 Å². The molecule has 0 spiro atoms. The molecular formula is C24H33FN6O3. The number of methoxy groups -OCH3 is 1. The van der Waals surface area contributed by atoms with Crippen LogP contribution in [-0.4, -0.2) is 50.0 Å². The predicted octanol–water partition coefficient (Wildman–Crippen LogP) is 3.80. The molecule has 4 aliphatic carbocycles. The number of hydrogen-bond acceptors (Lipinski definition) is 8. The third-order valence-electron chi connectivity index (χ3n) is 7.99. The molecule has 0 aliphatic heterocycles. The molecule has 6 rings (SSSR count). The van der Waals surface area contributed by atoms with E-state index in [1.807, 2.05) is 6.92 Å². The molecule has 0 amide bonds. The van der Waals surface area contributed by atoms with Gasteiger partial charge >= 0.3 is 5.97 Å². The van der Waals surface area contributed by atoms with Gasteiger partial charge in [-0.3, -0.25) is 9.89 Å². The second-order valence-corrected chi connectivity index (χ2v) is 10.8. The second kappa shape index (κ2) is 8.18. The van der Waals surface area contributed by atoms with Gasteiger partial charge in [-0.15, -0.1) is 0 Å². The molecule has 4 bridgehead atoms. The normalized spacial score (nSPS) is 32.5. The van der Waals surface area contributed by atoms with Crippen molar-refractivity contribution in [3.05, 3.63) is 23.3 Å². The van der Waals surface area contributed by atoms with Crippen molar-refractivity contribution in [3.8, 4) is 0 Å². The molecule has 0 radical (unpaired) electrons. The molecule has 6 atom stereocenters. The fourth-order valence-corrected chi connectivity index (χ4v) is 7.04. The Morgan fingerprint density at radius 3 is 2.79 bits per heavy atom. The minimum atomic E-state index is -0.857. The van der Waals surface area contributed by atoms with Crippen LogP contribution in [-0.2, 0) is 9.53 Å². The average molecular weight is 473 g/mol. The van der Waals surface area contributed by atoms with Crippen LogP contribution in [0.5, 0.6) is 0 Å². The summed E-state index contributed by atoms with van der Waals surface area (Å²) < 4.78 is 20.5. The van der Waals surface area contributed by atoms with E-state index < -0.39 is 23.3 Å². The largest absolute Gasteiger partial charge is 0.469 e. The van der Waals surface area contributed by atoms with E-state index in [1.165, 1.54) is 7.11 Å². The zero-order chi connectivity index (χ0) is 24.3. The highest BCUT2D eigenvalue weighted by atomic mass is 19.1. The maximum Gasteiger partial charge on any atom is 0.314 e. The summed E-state index contributed by atoms with van der Waals surface area (Å²) in [6.45, 7) is 5.85. The number of nitrogens with zero attached hydrogens (tertiary/aromatic N) is 3. The van der Waals surface area contributed by atoms with Gasteiger partial charge in [-0.05, 0) is 62.7 Å². The van der Waals surface area contributed by atoms with E-state index in [2.05, 4.69) is 37.7 Å². The van der Waals surface area contributed by atoms with Crippen LogP contribution in [0, 0.1) is 30.0 Å². The Labute approximate surface area is 198 Å². The highest BCUT2D eigenvalue weighted by Crippen LogP contribution is 2.61. The number of H-pyrrole nitrogens is 1. The third kappa shape index (κ3) is 3.91. The number of aromatic nitrogens is 4. The second-order valence-electron chi connectivity index (χ2n) is 10.8. The van der Waals surface area contributed by atoms with Gasteiger partial charge in [-0.2, -0.15) is 10.1 Å². The lowest BCUT2D eigenvalue weighted by molar-refractivity contribution is -0.163. The van der Waals surface area contributed by atoms with Crippen molar-refractivity contribution in [2.45, 2.75) is 76.9 Å². The quantitative estimate of drug-likeness (QED) is 0.449. The summed E-state index contributed by atoms with van der Waals surface area (Å²) in [5, 5.41) is 24.4. The van der Waals surface area contributed by atoms with Crippen LogP contribution in [0.25, 0.3) is 0 Å². The van der Waals surface area contributed by atoms with Gasteiger partial charge in [0.15, 0.2) is 17.5 Å². The topological polar surface area (TPSA) is 125 Å². The highest BCUT2D eigenvalue weighted by molar-refractivity contribution is 5.78. The van der Waals surface area contributed by atoms with Gasteiger partial charge < -0.3 is 20.5 Å². The Morgan fingerprint density at radius 1 is 1.38 bits per heavy atom. The maximum atomic E-state index is 15.6. The number of aliphatic hydroxyl groups is 1. The number of rotatable bonds is 7. The number of ether oxygens (including phenoxy) is 1. The standard InChI is InChI=1S/C24H33FN6O3/c1-5-15(21(32)34-4)18-17(25)20(26-16-6-12(2)30-31-16)29-22(27-18)28-19-14-7-13-8-23(19,3)11-24(33,9-13)10-14/h6,13-15,19,33H,5,7-11H2,1-4H3,(H3,26,27,28,29,30,31). The van der Waals surface area contributed by atoms with E-state index in [0.717, 1.165) is 37.8 Å². The van der Waals surface area contributed by atoms with Crippen molar-refractivity contribution in [1.82, 2.24) is 20.2 Å². The molecule has 2 heterocycles. The third-order valence-corrected chi connectivity index (χ3v) is 7.99. The molecule has 0 saturated heterocycles. The number of aryl methyl sites for hydroxylation is 1. The van der Waals surface area contributed by atoms with Crippen molar-refractivity contribution in [1.29, 1.82) is 0 Å². The van der Waals surface area contributed by atoms with Crippen LogP contribution in [0.2, 0.25) is 0 Å². The first-order chi connectivity index (χ1) is 16.1. The van der Waals surface area contributed by atoms with Crippen molar-refractivity contribution in [2.24, 2.45) is 17.3 Å². The fourth-order valence-electron chi connectivity index (χ4n) is 7.04. The molecule has 34 heavy (non-hydrogen) atoms. The van der Waals surface area contributed by atoms with Crippen LogP contribution in [0.15, 0.2) is 6.07 Å². The number of esters is 1. The molecule has 2 aromatic heterocycles. The first-order valence-electron chi connectivity index (χ1n) is 12.1. The smallest absolute Gasteiger partial charge is 0.314 e. The molecule has 184 valence electrons. The number of hydrogen-bond donors (Lipinski definition) is 4. The predicted molar refractivity (Wildman–Crippen MR) is 124 cm³/mol. The van der Waals surface area contributed by atoms with Crippen LogP contribution >= 0.6 is 0 Å². The van der Waals surface area contributed by atoms with Gasteiger partial charge in [0, 0.05) is 17.8 Å². The zero-order valence-corrected chi connectivity index (χ0v) is 20.1. The van der Waals surface area contributed by atoms with Crippen molar-refractivity contribution < 1.29 is 19.0 Å². The zero-order valence-electron chi connectivity index (χ0n) is 20.1. The summed E-state index contributed by atoms with van der Waals surface area (Å²) in [6.07, 6.45) is 4.80. The number of carbonyl (C=O) groups excluding carboxylic acids is 1. The lowest BCUT2D eigenvalue weighted by Crippen LogP contribution is -2.63. The molecule has 2 aromatic rings. The summed E-state index contributed by atoms with van der Waals surface area (Å²) in [5.41, 5.74) is 0.122. The molecule has 4 aliphatic rings. The number of carbonyl (C=O) groups is 1. The van der Waals surface area contributed by atoms with Gasteiger partial charge in [-0.25, -0.2) is 9.37 Å². The SMILES string of the molecule is CCC(C(=O)OC)c1nc(NC2C3CC4CC(O)(C3)CC2(C)C4)nc(Nc2cc(C)[nH]n2)c1F. The lowest BCUT2D eigenvalue weighted by Gasteiger charge is -2.63. The summed E-state index contributed by atoms with van der Waals surface area (Å²) in [5.74, 6) is -0.638. The minimum Gasteiger partial charge on any atom is -0.469 e. The Balaban J connectivity index is 1.52. The van der Waals surface area contributed by atoms with E-state index in [1.54, 1.807) is 13.0 Å². The minimum absolute atomic E-state index is 0.00537. The lowest BCUT2D eigenvalue weighted by atomic mass is 9.46. The van der Waals surface area contributed by atoms with Crippen molar-refractivity contribution in [2.75, 3.05) is 17.7 Å². The summed E-state index contributed by atoms with van der Waals surface area (Å²) in [6, 6.07) is 1.80. The summed E-state index contributed by atoms with van der Waals surface area (Å²) in [7, 11) is 1.29. The molecular weight excluding hydrogens is 439 g/mol. The molecule has 4 saturated carbocycles. The summed E-state index contributed by atoms with van der Waals surface area (Å²) in [4.78, 5) is 21.4. The van der Waals surface area contributed by atoms with Crippen LogP contribution < -0.4 is 10.6 Å². The number of halogens is 1. The monoisotopic (exact) mass is 472 g/mol. The van der Waals surface area contributed by atoms with Gasteiger partial charge in [-0.1, -0.05) is 13.8 Å². The van der Waals surface area contributed by atoms with Crippen molar-refractivity contribution in [3.63, 3.8) is 0 Å². The number of nitrogens with one attached hydrogen (secondary N) is 3. The molecule has 6 unspecified atom stereocenters. The Hall–Kier alpha value is -2.75. The fraction of sp³-hybridized carbons (Fsp3) is 0.667. The Morgan fingerprint density at radius 2 is 2.18 bits per heavy atom. The summed E-state index contributed by atoms with van der Waals surface area (Å²) >= 11 is 0. The van der Waals surface area contributed by atoms with E-state index in [9.17, 15) is 9.90 Å². The highest BCUT2D eigenvalue weighted by Gasteiger charge is 2.60. The Kier molecular flexibility index (Phi) is 5.54. The molecule has 4 fully saturated rings. The number of anilines is 3. The van der Waals surface area contributed by atoms with E-state index >= 15 is 4.39 Å². The molecule has 0 aromatic carbocycles. The average Bonchev–Trinajstić information content (AvgIpc) is 3.17. The van der Waals surface area contributed by atoms with Crippen LogP contribution in [0.4, 0.5) is 22.0 Å². The van der Waals surface area contributed by atoms with E-state index in [-0.39, 0.29) is 28.9 Å². The van der Waals surface area contributed by atoms with Gasteiger partial charge in [0.25, 0.3) is 0 Å². The van der Waals surface area contributed by atoms with Crippen molar-refractivity contribution >= 4 is 23.6 Å². The van der Waals surface area contributed by atoms with Gasteiger partial charge in [0.1, 0.15) is 5.92 Å². The molecule has 4 N–H and O–H groups in total. The molecule has 10 heteroatoms. The van der Waals surface area contributed by atoms with Crippen LogP contribution in [0.3, 0.4) is 0 Å². The molecule has 9 nitrogen and oxygen atoms in total. The number of aromatic amines is 1. The van der Waals surface area contributed by atoms with Gasteiger partial charge in [0.05, 0.1) is 18.4 Å². The first kappa shape index (κ1) is 23.0.